The molecule has 0 aliphatic rings. The Morgan fingerprint density at radius 1 is 1.32 bits per heavy atom. The molecule has 0 radical (unpaired) electrons. The lowest BCUT2D eigenvalue weighted by Gasteiger charge is -2.06. The third kappa shape index (κ3) is 2.46. The van der Waals surface area contributed by atoms with E-state index in [9.17, 15) is 4.79 Å². The highest BCUT2D eigenvalue weighted by Crippen LogP contribution is 2.12. The SMILES string of the molecule is O=c1[nH]c(NCc2ccccc2I)nc2nc[nH]c12. The molecule has 0 fully saturated rings. The highest BCUT2D eigenvalue weighted by atomic mass is 127. The molecular weight excluding hydrogens is 357 g/mol. The van der Waals surface area contributed by atoms with Crippen molar-refractivity contribution in [1.29, 1.82) is 0 Å². The van der Waals surface area contributed by atoms with Crippen molar-refractivity contribution in [2.45, 2.75) is 6.54 Å². The summed E-state index contributed by atoms with van der Waals surface area (Å²) in [6.07, 6.45) is 1.46. The van der Waals surface area contributed by atoms with Crippen molar-refractivity contribution in [1.82, 2.24) is 19.9 Å². The third-order valence-electron chi connectivity index (χ3n) is 2.70. The van der Waals surface area contributed by atoms with Crippen LogP contribution in [0.1, 0.15) is 5.56 Å². The number of H-pyrrole nitrogens is 2. The van der Waals surface area contributed by atoms with Crippen molar-refractivity contribution in [3.63, 3.8) is 0 Å². The van der Waals surface area contributed by atoms with Crippen LogP contribution in [-0.4, -0.2) is 19.9 Å². The first kappa shape index (κ1) is 12.2. The topological polar surface area (TPSA) is 86.5 Å². The summed E-state index contributed by atoms with van der Waals surface area (Å²) in [7, 11) is 0. The predicted octanol–water partition coefficient (Wildman–Crippen LogP) is 1.86. The minimum absolute atomic E-state index is 0.229. The van der Waals surface area contributed by atoms with E-state index in [-0.39, 0.29) is 5.56 Å². The monoisotopic (exact) mass is 367 g/mol. The Labute approximate surface area is 121 Å². The molecule has 0 spiro atoms. The minimum atomic E-state index is -0.229. The van der Waals surface area contributed by atoms with Crippen molar-refractivity contribution in [3.05, 3.63) is 50.1 Å². The average Bonchev–Trinajstić information content (AvgIpc) is 2.87. The van der Waals surface area contributed by atoms with Gasteiger partial charge in [0.05, 0.1) is 6.33 Å². The highest BCUT2D eigenvalue weighted by molar-refractivity contribution is 14.1. The van der Waals surface area contributed by atoms with E-state index in [0.717, 1.165) is 9.13 Å². The number of benzene rings is 1. The van der Waals surface area contributed by atoms with E-state index in [1.807, 2.05) is 24.3 Å². The fraction of sp³-hybridized carbons (Fsp3) is 0.0833. The Kier molecular flexibility index (Phi) is 3.20. The Balaban J connectivity index is 1.86. The molecule has 3 aromatic rings. The van der Waals surface area contributed by atoms with Gasteiger partial charge in [0.25, 0.3) is 5.56 Å². The van der Waals surface area contributed by atoms with Crippen molar-refractivity contribution in [2.24, 2.45) is 0 Å². The van der Waals surface area contributed by atoms with Crippen LogP contribution in [0.2, 0.25) is 0 Å². The molecule has 6 nitrogen and oxygen atoms in total. The molecule has 0 amide bonds. The normalized spacial score (nSPS) is 10.8. The molecule has 0 atom stereocenters. The second-order valence-electron chi connectivity index (χ2n) is 3.96. The van der Waals surface area contributed by atoms with Gasteiger partial charge < -0.3 is 10.3 Å². The van der Waals surface area contributed by atoms with Crippen LogP contribution in [0.5, 0.6) is 0 Å². The van der Waals surface area contributed by atoms with Gasteiger partial charge in [-0.25, -0.2) is 4.98 Å². The second-order valence-corrected chi connectivity index (χ2v) is 5.12. The van der Waals surface area contributed by atoms with E-state index in [4.69, 9.17) is 0 Å². The summed E-state index contributed by atoms with van der Waals surface area (Å²) in [5.74, 6) is 0.421. The van der Waals surface area contributed by atoms with E-state index in [0.29, 0.717) is 23.7 Å². The number of hydrogen-bond donors (Lipinski definition) is 3. The number of nitrogens with zero attached hydrogens (tertiary/aromatic N) is 2. The summed E-state index contributed by atoms with van der Waals surface area (Å²) in [6, 6.07) is 8.03. The Morgan fingerprint density at radius 2 is 2.16 bits per heavy atom. The average molecular weight is 367 g/mol. The third-order valence-corrected chi connectivity index (χ3v) is 3.75. The molecule has 0 bridgehead atoms. The zero-order valence-electron chi connectivity index (χ0n) is 9.77. The molecular formula is C12H10IN5O. The minimum Gasteiger partial charge on any atom is -0.352 e. The van der Waals surface area contributed by atoms with Gasteiger partial charge in [-0.15, -0.1) is 0 Å². The van der Waals surface area contributed by atoms with Crippen LogP contribution in [-0.2, 0) is 6.54 Å². The number of hydrogen-bond acceptors (Lipinski definition) is 4. The van der Waals surface area contributed by atoms with Gasteiger partial charge in [-0.2, -0.15) is 4.98 Å². The summed E-state index contributed by atoms with van der Waals surface area (Å²) in [4.78, 5) is 25.4. The molecule has 0 aliphatic carbocycles. The van der Waals surface area contributed by atoms with Gasteiger partial charge in [0, 0.05) is 10.1 Å². The summed E-state index contributed by atoms with van der Waals surface area (Å²) in [6.45, 7) is 0.595. The molecule has 96 valence electrons. The number of imidazole rings is 1. The Morgan fingerprint density at radius 3 is 3.00 bits per heavy atom. The lowest BCUT2D eigenvalue weighted by atomic mass is 10.2. The molecule has 0 aliphatic heterocycles. The number of halogens is 1. The van der Waals surface area contributed by atoms with Crippen molar-refractivity contribution in [2.75, 3.05) is 5.32 Å². The summed E-state index contributed by atoms with van der Waals surface area (Å²) < 4.78 is 1.16. The van der Waals surface area contributed by atoms with Crippen LogP contribution < -0.4 is 10.9 Å². The van der Waals surface area contributed by atoms with Gasteiger partial charge in [-0.1, -0.05) is 18.2 Å². The first-order valence-electron chi connectivity index (χ1n) is 5.65. The Hall–Kier alpha value is -1.90. The lowest BCUT2D eigenvalue weighted by molar-refractivity contribution is 1.05. The maximum atomic E-state index is 11.7. The summed E-state index contributed by atoms with van der Waals surface area (Å²) in [5, 5.41) is 3.10. The number of fused-ring (bicyclic) bond motifs is 1. The van der Waals surface area contributed by atoms with Gasteiger partial charge >= 0.3 is 0 Å². The Bertz CT molecular complexity index is 779. The van der Waals surface area contributed by atoms with Crippen molar-refractivity contribution >= 4 is 39.7 Å². The molecule has 0 saturated carbocycles. The summed E-state index contributed by atoms with van der Waals surface area (Å²) >= 11 is 2.27. The maximum absolute atomic E-state index is 11.7. The zero-order valence-corrected chi connectivity index (χ0v) is 11.9. The van der Waals surface area contributed by atoms with Crippen LogP contribution >= 0.6 is 22.6 Å². The van der Waals surface area contributed by atoms with Crippen LogP contribution in [0.3, 0.4) is 0 Å². The number of rotatable bonds is 3. The number of nitrogens with one attached hydrogen (secondary N) is 3. The van der Waals surface area contributed by atoms with Gasteiger partial charge in [-0.3, -0.25) is 9.78 Å². The standard InChI is InChI=1S/C12H10IN5O/c13-8-4-2-1-3-7(8)5-14-12-17-10-9(11(19)18-12)15-6-16-10/h1-4,6H,5H2,(H3,14,15,16,17,18,19). The van der Waals surface area contributed by atoms with Gasteiger partial charge in [0.1, 0.15) is 0 Å². The van der Waals surface area contributed by atoms with E-state index < -0.39 is 0 Å². The molecule has 1 aromatic carbocycles. The fourth-order valence-electron chi connectivity index (χ4n) is 1.75. The number of anilines is 1. The predicted molar refractivity (Wildman–Crippen MR) is 81.0 cm³/mol. The largest absolute Gasteiger partial charge is 0.352 e. The van der Waals surface area contributed by atoms with Crippen LogP contribution in [0.25, 0.3) is 11.2 Å². The molecule has 0 saturated heterocycles. The first-order chi connectivity index (χ1) is 9.24. The van der Waals surface area contributed by atoms with Crippen LogP contribution in [0.4, 0.5) is 5.95 Å². The van der Waals surface area contributed by atoms with E-state index >= 15 is 0 Å². The summed E-state index contributed by atoms with van der Waals surface area (Å²) in [5.41, 5.74) is 1.72. The molecule has 7 heteroatoms. The number of aromatic nitrogens is 4. The highest BCUT2D eigenvalue weighted by Gasteiger charge is 2.06. The quantitative estimate of drug-likeness (QED) is 0.617. The molecule has 3 N–H and O–H groups in total. The first-order valence-corrected chi connectivity index (χ1v) is 6.72. The smallest absolute Gasteiger partial charge is 0.278 e. The van der Waals surface area contributed by atoms with Gasteiger partial charge in [0.2, 0.25) is 5.95 Å². The maximum Gasteiger partial charge on any atom is 0.278 e. The van der Waals surface area contributed by atoms with E-state index in [2.05, 4.69) is 47.8 Å². The lowest BCUT2D eigenvalue weighted by Crippen LogP contribution is -2.13. The van der Waals surface area contributed by atoms with E-state index in [1.165, 1.54) is 6.33 Å². The van der Waals surface area contributed by atoms with Crippen LogP contribution in [0, 0.1) is 3.57 Å². The van der Waals surface area contributed by atoms with Crippen molar-refractivity contribution in [3.8, 4) is 0 Å². The zero-order chi connectivity index (χ0) is 13.2. The molecule has 2 aromatic heterocycles. The molecule has 3 rings (SSSR count). The van der Waals surface area contributed by atoms with Gasteiger partial charge in [-0.05, 0) is 34.2 Å². The molecule has 19 heavy (non-hydrogen) atoms. The molecule has 2 heterocycles. The van der Waals surface area contributed by atoms with Crippen molar-refractivity contribution < 1.29 is 0 Å². The fourth-order valence-corrected chi connectivity index (χ4v) is 2.33. The second kappa shape index (κ2) is 5.00. The van der Waals surface area contributed by atoms with E-state index in [1.54, 1.807) is 0 Å². The number of aromatic amines is 2. The van der Waals surface area contributed by atoms with Gasteiger partial charge in [0.15, 0.2) is 11.2 Å². The van der Waals surface area contributed by atoms with Crippen LogP contribution in [0.15, 0.2) is 35.4 Å². The molecule has 0 unspecified atom stereocenters.